The van der Waals surface area contributed by atoms with Gasteiger partial charge < -0.3 is 10.6 Å². The summed E-state index contributed by atoms with van der Waals surface area (Å²) in [6.07, 6.45) is 2.04. The first-order valence-corrected chi connectivity index (χ1v) is 5.37. The standard InChI is InChI=1S/C12H16N2O/c13-11-7-4-8-14(9-11)12(15)10-5-2-1-3-6-10/h1-3,5-6,11H,4,7-9,13H2/t11-/m1/s1. The van der Waals surface area contributed by atoms with Gasteiger partial charge in [0.2, 0.25) is 0 Å². The van der Waals surface area contributed by atoms with E-state index >= 15 is 0 Å². The van der Waals surface area contributed by atoms with Crippen molar-refractivity contribution in [2.24, 2.45) is 5.73 Å². The number of amides is 1. The summed E-state index contributed by atoms with van der Waals surface area (Å²) in [6, 6.07) is 9.53. The molecular weight excluding hydrogens is 188 g/mol. The molecule has 1 aliphatic rings. The molecule has 80 valence electrons. The van der Waals surface area contributed by atoms with Crippen molar-refractivity contribution in [2.75, 3.05) is 13.1 Å². The number of benzene rings is 1. The lowest BCUT2D eigenvalue weighted by molar-refractivity contribution is 0.0709. The van der Waals surface area contributed by atoms with Crippen LogP contribution in [0.1, 0.15) is 23.2 Å². The van der Waals surface area contributed by atoms with Gasteiger partial charge in [-0.15, -0.1) is 0 Å². The molecule has 0 aromatic heterocycles. The van der Waals surface area contributed by atoms with Gasteiger partial charge in [-0.05, 0) is 25.0 Å². The zero-order valence-corrected chi connectivity index (χ0v) is 8.73. The summed E-state index contributed by atoms with van der Waals surface area (Å²) in [5.74, 6) is 0.103. The van der Waals surface area contributed by atoms with Crippen LogP contribution in [0.15, 0.2) is 30.3 Å². The third kappa shape index (κ3) is 2.36. The number of likely N-dealkylation sites (tertiary alicyclic amines) is 1. The quantitative estimate of drug-likeness (QED) is 0.748. The molecule has 1 amide bonds. The monoisotopic (exact) mass is 204 g/mol. The lowest BCUT2D eigenvalue weighted by atomic mass is 10.1. The van der Waals surface area contributed by atoms with E-state index in [0.29, 0.717) is 6.54 Å². The summed E-state index contributed by atoms with van der Waals surface area (Å²) in [6.45, 7) is 1.52. The van der Waals surface area contributed by atoms with E-state index in [-0.39, 0.29) is 11.9 Å². The van der Waals surface area contributed by atoms with Crippen molar-refractivity contribution in [2.45, 2.75) is 18.9 Å². The summed E-state index contributed by atoms with van der Waals surface area (Å²) < 4.78 is 0. The molecule has 1 atom stereocenters. The Morgan fingerprint density at radius 1 is 1.33 bits per heavy atom. The molecule has 2 N–H and O–H groups in total. The van der Waals surface area contributed by atoms with Crippen LogP contribution in [0.3, 0.4) is 0 Å². The van der Waals surface area contributed by atoms with Gasteiger partial charge >= 0.3 is 0 Å². The fourth-order valence-electron chi connectivity index (χ4n) is 1.96. The van der Waals surface area contributed by atoms with E-state index < -0.39 is 0 Å². The van der Waals surface area contributed by atoms with Crippen molar-refractivity contribution < 1.29 is 4.79 Å². The maximum Gasteiger partial charge on any atom is 0.253 e. The Hall–Kier alpha value is -1.35. The Bertz CT molecular complexity index is 337. The molecule has 1 aromatic carbocycles. The number of carbonyl (C=O) groups excluding carboxylic acids is 1. The number of piperidine rings is 1. The van der Waals surface area contributed by atoms with Crippen molar-refractivity contribution in [1.82, 2.24) is 4.90 Å². The molecule has 0 saturated carbocycles. The number of hydrogen-bond donors (Lipinski definition) is 1. The number of rotatable bonds is 1. The van der Waals surface area contributed by atoms with Crippen molar-refractivity contribution in [1.29, 1.82) is 0 Å². The summed E-state index contributed by atoms with van der Waals surface area (Å²) in [7, 11) is 0. The molecule has 3 heteroatoms. The maximum atomic E-state index is 12.0. The lowest BCUT2D eigenvalue weighted by Gasteiger charge is -2.30. The van der Waals surface area contributed by atoms with Crippen LogP contribution in [0.25, 0.3) is 0 Å². The van der Waals surface area contributed by atoms with Gasteiger partial charge in [-0.1, -0.05) is 18.2 Å². The van der Waals surface area contributed by atoms with E-state index in [1.807, 2.05) is 35.2 Å². The molecular formula is C12H16N2O. The van der Waals surface area contributed by atoms with Crippen LogP contribution in [0.5, 0.6) is 0 Å². The minimum Gasteiger partial charge on any atom is -0.337 e. The summed E-state index contributed by atoms with van der Waals surface area (Å²) >= 11 is 0. The van der Waals surface area contributed by atoms with E-state index in [4.69, 9.17) is 5.73 Å². The van der Waals surface area contributed by atoms with E-state index in [2.05, 4.69) is 0 Å². The number of hydrogen-bond acceptors (Lipinski definition) is 2. The predicted octanol–water partition coefficient (Wildman–Crippen LogP) is 1.25. The maximum absolute atomic E-state index is 12.0. The van der Waals surface area contributed by atoms with E-state index in [0.717, 1.165) is 24.9 Å². The molecule has 1 aliphatic heterocycles. The fourth-order valence-corrected chi connectivity index (χ4v) is 1.96. The smallest absolute Gasteiger partial charge is 0.253 e. The molecule has 1 saturated heterocycles. The molecule has 0 unspecified atom stereocenters. The lowest BCUT2D eigenvalue weighted by Crippen LogP contribution is -2.45. The Labute approximate surface area is 89.9 Å². The second kappa shape index (κ2) is 4.45. The highest BCUT2D eigenvalue weighted by Gasteiger charge is 2.21. The summed E-state index contributed by atoms with van der Waals surface area (Å²) in [5.41, 5.74) is 6.60. The molecule has 0 aliphatic carbocycles. The van der Waals surface area contributed by atoms with Crippen LogP contribution in [-0.4, -0.2) is 29.9 Å². The molecule has 0 spiro atoms. The second-order valence-electron chi connectivity index (χ2n) is 4.02. The molecule has 0 bridgehead atoms. The van der Waals surface area contributed by atoms with E-state index in [1.54, 1.807) is 0 Å². The van der Waals surface area contributed by atoms with Gasteiger partial charge in [-0.3, -0.25) is 4.79 Å². The van der Waals surface area contributed by atoms with Crippen molar-refractivity contribution in [3.05, 3.63) is 35.9 Å². The Kier molecular flexibility index (Phi) is 3.02. The van der Waals surface area contributed by atoms with Gasteiger partial charge in [-0.2, -0.15) is 0 Å². The van der Waals surface area contributed by atoms with Gasteiger partial charge in [0.15, 0.2) is 0 Å². The molecule has 0 radical (unpaired) electrons. The number of nitrogens with zero attached hydrogens (tertiary/aromatic N) is 1. The SMILES string of the molecule is N[C@@H]1CCCN(C(=O)c2ccccc2)C1. The van der Waals surface area contributed by atoms with Crippen molar-refractivity contribution >= 4 is 5.91 Å². The minimum atomic E-state index is 0.103. The van der Waals surface area contributed by atoms with Gasteiger partial charge in [0.1, 0.15) is 0 Å². The van der Waals surface area contributed by atoms with Crippen LogP contribution >= 0.6 is 0 Å². The normalized spacial score (nSPS) is 21.4. The summed E-state index contributed by atoms with van der Waals surface area (Å²) in [4.78, 5) is 13.9. The molecule has 2 rings (SSSR count). The third-order valence-electron chi connectivity index (χ3n) is 2.77. The third-order valence-corrected chi connectivity index (χ3v) is 2.77. The second-order valence-corrected chi connectivity index (χ2v) is 4.02. The van der Waals surface area contributed by atoms with Crippen molar-refractivity contribution in [3.8, 4) is 0 Å². The zero-order valence-electron chi connectivity index (χ0n) is 8.73. The highest BCUT2D eigenvalue weighted by atomic mass is 16.2. The predicted molar refractivity (Wildman–Crippen MR) is 59.6 cm³/mol. The van der Waals surface area contributed by atoms with Gasteiger partial charge in [0.25, 0.3) is 5.91 Å². The van der Waals surface area contributed by atoms with Gasteiger partial charge in [0, 0.05) is 24.7 Å². The zero-order chi connectivity index (χ0) is 10.7. The first-order chi connectivity index (χ1) is 7.27. The highest BCUT2D eigenvalue weighted by Crippen LogP contribution is 2.12. The Morgan fingerprint density at radius 2 is 2.07 bits per heavy atom. The molecule has 1 aromatic rings. The van der Waals surface area contributed by atoms with E-state index in [1.165, 1.54) is 0 Å². The molecule has 15 heavy (non-hydrogen) atoms. The average molecular weight is 204 g/mol. The van der Waals surface area contributed by atoms with Crippen LogP contribution in [0.4, 0.5) is 0 Å². The number of nitrogens with two attached hydrogens (primary N) is 1. The van der Waals surface area contributed by atoms with Crippen LogP contribution in [0, 0.1) is 0 Å². The first kappa shape index (κ1) is 10.2. The topological polar surface area (TPSA) is 46.3 Å². The fraction of sp³-hybridized carbons (Fsp3) is 0.417. The Balaban J connectivity index is 2.08. The molecule has 1 heterocycles. The largest absolute Gasteiger partial charge is 0.337 e. The summed E-state index contributed by atoms with van der Waals surface area (Å²) in [5, 5.41) is 0. The van der Waals surface area contributed by atoms with Gasteiger partial charge in [0.05, 0.1) is 0 Å². The average Bonchev–Trinajstić information content (AvgIpc) is 2.29. The van der Waals surface area contributed by atoms with Crippen LogP contribution in [0.2, 0.25) is 0 Å². The van der Waals surface area contributed by atoms with Crippen LogP contribution < -0.4 is 5.73 Å². The molecule has 1 fully saturated rings. The number of carbonyl (C=O) groups is 1. The molecule has 3 nitrogen and oxygen atoms in total. The Morgan fingerprint density at radius 3 is 2.73 bits per heavy atom. The van der Waals surface area contributed by atoms with Crippen LogP contribution in [-0.2, 0) is 0 Å². The minimum absolute atomic E-state index is 0.103. The first-order valence-electron chi connectivity index (χ1n) is 5.37. The van der Waals surface area contributed by atoms with E-state index in [9.17, 15) is 4.79 Å². The van der Waals surface area contributed by atoms with Crippen molar-refractivity contribution in [3.63, 3.8) is 0 Å². The van der Waals surface area contributed by atoms with Gasteiger partial charge in [-0.25, -0.2) is 0 Å². The highest BCUT2D eigenvalue weighted by molar-refractivity contribution is 5.94.